The SMILES string of the molecule is COCC1c2c([nH]c3ccc(OCc4ccccc4)cc23)CNC1C(=O)OC(C)C. The van der Waals surface area contributed by atoms with Crippen LogP contribution in [0.25, 0.3) is 10.9 Å². The third kappa shape index (κ3) is 4.20. The first kappa shape index (κ1) is 20.4. The van der Waals surface area contributed by atoms with E-state index in [0.29, 0.717) is 19.8 Å². The topological polar surface area (TPSA) is 72.6 Å². The Labute approximate surface area is 176 Å². The number of aromatic nitrogens is 1. The molecular formula is C24H28N2O4. The zero-order chi connectivity index (χ0) is 21.1. The maximum absolute atomic E-state index is 12.7. The quantitative estimate of drug-likeness (QED) is 0.580. The summed E-state index contributed by atoms with van der Waals surface area (Å²) in [5, 5.41) is 4.38. The highest BCUT2D eigenvalue weighted by Gasteiger charge is 2.38. The summed E-state index contributed by atoms with van der Waals surface area (Å²) in [6.07, 6.45) is -0.162. The van der Waals surface area contributed by atoms with Crippen LogP contribution in [-0.2, 0) is 27.4 Å². The lowest BCUT2D eigenvalue weighted by Gasteiger charge is -2.31. The molecule has 2 N–H and O–H groups in total. The van der Waals surface area contributed by atoms with Crippen LogP contribution in [0, 0.1) is 0 Å². The lowest BCUT2D eigenvalue weighted by molar-refractivity contribution is -0.151. The minimum absolute atomic E-state index is 0.150. The molecule has 1 aliphatic heterocycles. The van der Waals surface area contributed by atoms with Crippen molar-refractivity contribution in [3.8, 4) is 5.75 Å². The van der Waals surface area contributed by atoms with Crippen LogP contribution in [-0.4, -0.2) is 36.8 Å². The number of ether oxygens (including phenoxy) is 3. The number of benzene rings is 2. The third-order valence-corrected chi connectivity index (χ3v) is 5.36. The summed E-state index contributed by atoms with van der Waals surface area (Å²) in [5.41, 5.74) is 4.31. The molecule has 2 heterocycles. The summed E-state index contributed by atoms with van der Waals surface area (Å²) in [6, 6.07) is 15.7. The van der Waals surface area contributed by atoms with Gasteiger partial charge in [-0.25, -0.2) is 0 Å². The first-order chi connectivity index (χ1) is 14.6. The van der Waals surface area contributed by atoms with Crippen molar-refractivity contribution < 1.29 is 19.0 Å². The Morgan fingerprint density at radius 1 is 1.17 bits per heavy atom. The minimum Gasteiger partial charge on any atom is -0.489 e. The van der Waals surface area contributed by atoms with Gasteiger partial charge in [0.2, 0.25) is 0 Å². The fraction of sp³-hybridized carbons (Fsp3) is 0.375. The van der Waals surface area contributed by atoms with E-state index < -0.39 is 6.04 Å². The van der Waals surface area contributed by atoms with Crippen LogP contribution >= 0.6 is 0 Å². The van der Waals surface area contributed by atoms with Gasteiger partial charge in [-0.15, -0.1) is 0 Å². The van der Waals surface area contributed by atoms with E-state index in [1.54, 1.807) is 7.11 Å². The van der Waals surface area contributed by atoms with E-state index in [9.17, 15) is 4.79 Å². The molecule has 0 radical (unpaired) electrons. The molecule has 0 aliphatic carbocycles. The first-order valence-electron chi connectivity index (χ1n) is 10.3. The second-order valence-electron chi connectivity index (χ2n) is 7.90. The summed E-state index contributed by atoms with van der Waals surface area (Å²) in [7, 11) is 1.66. The Kier molecular flexibility index (Phi) is 6.06. The highest BCUT2D eigenvalue weighted by atomic mass is 16.5. The van der Waals surface area contributed by atoms with Crippen LogP contribution in [0.4, 0.5) is 0 Å². The van der Waals surface area contributed by atoms with Crippen molar-refractivity contribution in [2.24, 2.45) is 0 Å². The predicted molar refractivity (Wildman–Crippen MR) is 116 cm³/mol. The molecule has 30 heavy (non-hydrogen) atoms. The van der Waals surface area contributed by atoms with Crippen molar-refractivity contribution in [1.29, 1.82) is 0 Å². The molecule has 6 heteroatoms. The number of esters is 1. The van der Waals surface area contributed by atoms with Gasteiger partial charge in [0.15, 0.2) is 0 Å². The van der Waals surface area contributed by atoms with E-state index in [-0.39, 0.29) is 18.0 Å². The van der Waals surface area contributed by atoms with E-state index in [2.05, 4.69) is 10.3 Å². The second-order valence-corrected chi connectivity index (χ2v) is 7.90. The van der Waals surface area contributed by atoms with E-state index in [4.69, 9.17) is 14.2 Å². The van der Waals surface area contributed by atoms with Crippen molar-refractivity contribution in [2.75, 3.05) is 13.7 Å². The number of nitrogens with one attached hydrogen (secondary N) is 2. The monoisotopic (exact) mass is 408 g/mol. The maximum Gasteiger partial charge on any atom is 0.324 e. The number of rotatable bonds is 7. The van der Waals surface area contributed by atoms with Gasteiger partial charge < -0.3 is 19.2 Å². The van der Waals surface area contributed by atoms with Crippen LogP contribution < -0.4 is 10.1 Å². The van der Waals surface area contributed by atoms with Crippen LogP contribution in [0.3, 0.4) is 0 Å². The molecule has 2 atom stereocenters. The number of hydrogen-bond donors (Lipinski definition) is 2. The molecule has 3 aromatic rings. The van der Waals surface area contributed by atoms with Gasteiger partial charge in [0.05, 0.1) is 12.7 Å². The van der Waals surface area contributed by atoms with Crippen molar-refractivity contribution >= 4 is 16.9 Å². The normalized spacial score (nSPS) is 18.4. The van der Waals surface area contributed by atoms with Gasteiger partial charge >= 0.3 is 5.97 Å². The van der Waals surface area contributed by atoms with E-state index >= 15 is 0 Å². The number of carbonyl (C=O) groups excluding carboxylic acids is 1. The molecule has 0 saturated carbocycles. The van der Waals surface area contributed by atoms with Gasteiger partial charge in [-0.05, 0) is 43.2 Å². The molecule has 2 aromatic carbocycles. The van der Waals surface area contributed by atoms with Crippen LogP contribution in [0.1, 0.15) is 36.6 Å². The smallest absolute Gasteiger partial charge is 0.324 e. The van der Waals surface area contributed by atoms with Gasteiger partial charge in [0.25, 0.3) is 0 Å². The molecule has 2 unspecified atom stereocenters. The third-order valence-electron chi connectivity index (χ3n) is 5.36. The lowest BCUT2D eigenvalue weighted by Crippen LogP contribution is -2.47. The Balaban J connectivity index is 1.65. The zero-order valence-electron chi connectivity index (χ0n) is 17.6. The van der Waals surface area contributed by atoms with Crippen molar-refractivity contribution in [3.05, 3.63) is 65.4 Å². The fourth-order valence-electron chi connectivity index (χ4n) is 4.07. The standard InChI is InChI=1S/C24H28N2O4/c1-15(2)30-24(27)23-19(14-28-3)22-18-11-17(29-13-16-7-5-4-6-8-16)9-10-20(18)26-21(22)12-25-23/h4-11,15,19,23,25-26H,12-14H2,1-3H3. The van der Waals surface area contributed by atoms with Crippen LogP contribution in [0.2, 0.25) is 0 Å². The molecular weight excluding hydrogens is 380 g/mol. The Morgan fingerprint density at radius 3 is 2.70 bits per heavy atom. The van der Waals surface area contributed by atoms with Gasteiger partial charge in [0.1, 0.15) is 18.4 Å². The number of aromatic amines is 1. The largest absolute Gasteiger partial charge is 0.489 e. The van der Waals surface area contributed by atoms with Gasteiger partial charge in [0, 0.05) is 36.2 Å². The van der Waals surface area contributed by atoms with Crippen molar-refractivity contribution in [2.45, 2.75) is 45.1 Å². The number of fused-ring (bicyclic) bond motifs is 3. The van der Waals surface area contributed by atoms with Crippen LogP contribution in [0.5, 0.6) is 5.75 Å². The molecule has 1 aliphatic rings. The number of carbonyl (C=O) groups is 1. The average molecular weight is 408 g/mol. The summed E-state index contributed by atoms with van der Waals surface area (Å²) in [5.74, 6) is 0.399. The first-order valence-corrected chi connectivity index (χ1v) is 10.3. The van der Waals surface area contributed by atoms with Gasteiger partial charge in [-0.2, -0.15) is 0 Å². The summed E-state index contributed by atoms with van der Waals surface area (Å²) in [4.78, 5) is 16.2. The molecule has 1 aromatic heterocycles. The van der Waals surface area contributed by atoms with E-state index in [1.807, 2.05) is 62.4 Å². The Morgan fingerprint density at radius 2 is 1.97 bits per heavy atom. The molecule has 158 valence electrons. The number of hydrogen-bond acceptors (Lipinski definition) is 5. The second kappa shape index (κ2) is 8.90. The van der Waals surface area contributed by atoms with Gasteiger partial charge in [-0.3, -0.25) is 10.1 Å². The minimum atomic E-state index is -0.451. The summed E-state index contributed by atoms with van der Waals surface area (Å²) < 4.78 is 17.0. The molecule has 0 amide bonds. The Hall–Kier alpha value is -2.83. The Bertz CT molecular complexity index is 1010. The zero-order valence-corrected chi connectivity index (χ0v) is 17.6. The molecule has 0 bridgehead atoms. The van der Waals surface area contributed by atoms with Gasteiger partial charge in [-0.1, -0.05) is 30.3 Å². The average Bonchev–Trinajstić information content (AvgIpc) is 3.11. The molecule has 0 spiro atoms. The molecule has 0 fully saturated rings. The van der Waals surface area contributed by atoms with Crippen LogP contribution in [0.15, 0.2) is 48.5 Å². The van der Waals surface area contributed by atoms with E-state index in [0.717, 1.165) is 33.5 Å². The van der Waals surface area contributed by atoms with E-state index in [1.165, 1.54) is 0 Å². The maximum atomic E-state index is 12.7. The summed E-state index contributed by atoms with van der Waals surface area (Å²) >= 11 is 0. The predicted octanol–water partition coefficient (Wildman–Crippen LogP) is 3.90. The fourth-order valence-corrected chi connectivity index (χ4v) is 4.07. The highest BCUT2D eigenvalue weighted by Crippen LogP contribution is 2.37. The van der Waals surface area contributed by atoms with Crippen molar-refractivity contribution in [3.63, 3.8) is 0 Å². The number of methoxy groups -OCH3 is 1. The van der Waals surface area contributed by atoms with Crippen molar-refractivity contribution in [1.82, 2.24) is 10.3 Å². The molecule has 0 saturated heterocycles. The summed E-state index contributed by atoms with van der Waals surface area (Å²) in [6.45, 7) is 5.21. The number of H-pyrrole nitrogens is 1. The molecule has 6 nitrogen and oxygen atoms in total. The lowest BCUT2D eigenvalue weighted by atomic mass is 9.86. The highest BCUT2D eigenvalue weighted by molar-refractivity contribution is 5.89. The molecule has 4 rings (SSSR count).